The molecular weight excluding hydrogens is 675 g/mol. The van der Waals surface area contributed by atoms with Gasteiger partial charge >= 0.3 is 0 Å². The van der Waals surface area contributed by atoms with Crippen LogP contribution in [0.3, 0.4) is 0 Å². The van der Waals surface area contributed by atoms with Gasteiger partial charge in [0.1, 0.15) is 0 Å². The molecule has 2 aliphatic carbocycles. The smallest absolute Gasteiger partial charge is 0.0468 e. The fourth-order valence-electron chi connectivity index (χ4n) is 9.44. The summed E-state index contributed by atoms with van der Waals surface area (Å²) in [5, 5.41) is 2.51. The lowest BCUT2D eigenvalue weighted by Crippen LogP contribution is -2.16. The Morgan fingerprint density at radius 1 is 0.286 bits per heavy atom. The molecule has 1 heteroatoms. The van der Waals surface area contributed by atoms with Gasteiger partial charge in [0, 0.05) is 22.5 Å². The SMILES string of the molecule is CC1(C)c2ccccc2-c2ccc(N(c3ccc(-c4ccc5ccccc5c4)cc3)c3ccc4c(c3)-c3ccccc3-c3ccccc3-c3ccccc3-4)cc21. The molecule has 9 aromatic rings. The van der Waals surface area contributed by atoms with Crippen LogP contribution < -0.4 is 4.90 Å². The van der Waals surface area contributed by atoms with E-state index in [2.05, 4.69) is 219 Å². The van der Waals surface area contributed by atoms with Gasteiger partial charge in [-0.2, -0.15) is 0 Å². The fraction of sp³-hybridized carbons (Fsp3) is 0.0545. The summed E-state index contributed by atoms with van der Waals surface area (Å²) >= 11 is 0. The normalized spacial score (nSPS) is 13.0. The Morgan fingerprint density at radius 2 is 0.714 bits per heavy atom. The third kappa shape index (κ3) is 5.01. The molecule has 0 saturated carbocycles. The number of rotatable bonds is 4. The highest BCUT2D eigenvalue weighted by atomic mass is 15.1. The monoisotopic (exact) mass is 713 g/mol. The summed E-state index contributed by atoms with van der Waals surface area (Å²) in [7, 11) is 0. The van der Waals surface area contributed by atoms with E-state index in [9.17, 15) is 0 Å². The Morgan fingerprint density at radius 3 is 1.34 bits per heavy atom. The van der Waals surface area contributed by atoms with Gasteiger partial charge < -0.3 is 4.90 Å². The van der Waals surface area contributed by atoms with Gasteiger partial charge in [0.25, 0.3) is 0 Å². The molecule has 1 nitrogen and oxygen atoms in total. The van der Waals surface area contributed by atoms with Crippen molar-refractivity contribution in [2.24, 2.45) is 0 Å². The lowest BCUT2D eigenvalue weighted by Gasteiger charge is -2.30. The second-order valence-corrected chi connectivity index (χ2v) is 15.7. The summed E-state index contributed by atoms with van der Waals surface area (Å²) in [6.45, 7) is 4.73. The molecule has 0 saturated heterocycles. The van der Waals surface area contributed by atoms with Gasteiger partial charge in [-0.3, -0.25) is 0 Å². The number of hydrogen-bond donors (Lipinski definition) is 0. The van der Waals surface area contributed by atoms with Crippen molar-refractivity contribution in [3.63, 3.8) is 0 Å². The van der Waals surface area contributed by atoms with Crippen LogP contribution in [-0.2, 0) is 5.41 Å². The van der Waals surface area contributed by atoms with Gasteiger partial charge in [0.05, 0.1) is 0 Å². The van der Waals surface area contributed by atoms with Crippen LogP contribution in [0.25, 0.3) is 77.5 Å². The average molecular weight is 714 g/mol. The highest BCUT2D eigenvalue weighted by molar-refractivity contribution is 6.04. The standard InChI is InChI=1S/C55H39N/c1-55(2)53-22-12-11-21-50(53)51-32-30-42(35-54(51)55)56(40-27-25-37(26-28-40)39-24-23-36-13-3-4-14-38(36)33-39)41-29-31-49-47-19-8-7-17-45(47)43-15-5-6-16-44(43)46-18-9-10-20-48(46)52(49)34-41/h3-35H,1-2H3. The van der Waals surface area contributed by atoms with Gasteiger partial charge in [-0.15, -0.1) is 0 Å². The van der Waals surface area contributed by atoms with E-state index in [0.717, 1.165) is 17.1 Å². The van der Waals surface area contributed by atoms with Gasteiger partial charge in [-0.1, -0.05) is 172 Å². The third-order valence-electron chi connectivity index (χ3n) is 12.2. The molecule has 0 heterocycles. The van der Waals surface area contributed by atoms with E-state index in [0.29, 0.717) is 0 Å². The second kappa shape index (κ2) is 12.5. The van der Waals surface area contributed by atoms with E-state index < -0.39 is 0 Å². The summed E-state index contributed by atoms with van der Waals surface area (Å²) < 4.78 is 0. The van der Waals surface area contributed by atoms with E-state index >= 15 is 0 Å². The minimum atomic E-state index is -0.115. The zero-order valence-electron chi connectivity index (χ0n) is 31.5. The van der Waals surface area contributed by atoms with Gasteiger partial charge in [0.2, 0.25) is 0 Å². The summed E-state index contributed by atoms with van der Waals surface area (Å²) in [6.07, 6.45) is 0. The molecule has 0 fully saturated rings. The van der Waals surface area contributed by atoms with E-state index in [4.69, 9.17) is 0 Å². The van der Waals surface area contributed by atoms with Crippen LogP contribution in [0.4, 0.5) is 17.1 Å². The molecule has 11 rings (SSSR count). The lowest BCUT2D eigenvalue weighted by molar-refractivity contribution is 0.660. The van der Waals surface area contributed by atoms with Crippen LogP contribution >= 0.6 is 0 Å². The Balaban J connectivity index is 1.12. The second-order valence-electron chi connectivity index (χ2n) is 15.7. The highest BCUT2D eigenvalue weighted by Crippen LogP contribution is 2.52. The summed E-state index contributed by atoms with van der Waals surface area (Å²) in [5.74, 6) is 0. The van der Waals surface area contributed by atoms with Crippen molar-refractivity contribution in [1.82, 2.24) is 0 Å². The first-order valence-corrected chi connectivity index (χ1v) is 19.6. The minimum absolute atomic E-state index is 0.115. The molecule has 0 bridgehead atoms. The Bertz CT molecular complexity index is 3000. The third-order valence-corrected chi connectivity index (χ3v) is 12.2. The molecule has 264 valence electrons. The summed E-state index contributed by atoms with van der Waals surface area (Å²) in [5.41, 5.74) is 21.1. The first kappa shape index (κ1) is 32.5. The van der Waals surface area contributed by atoms with Crippen molar-refractivity contribution in [3.8, 4) is 66.8 Å². The Kier molecular flexibility index (Phi) is 7.28. The molecule has 0 aromatic heterocycles. The number of hydrogen-bond acceptors (Lipinski definition) is 1. The van der Waals surface area contributed by atoms with E-state index in [-0.39, 0.29) is 5.41 Å². The summed E-state index contributed by atoms with van der Waals surface area (Å²) in [4.78, 5) is 2.45. The Labute approximate surface area is 328 Å². The molecular formula is C55H39N. The van der Waals surface area contributed by atoms with Gasteiger partial charge in [-0.05, 0) is 131 Å². The minimum Gasteiger partial charge on any atom is -0.310 e. The van der Waals surface area contributed by atoms with E-state index in [1.54, 1.807) is 0 Å². The van der Waals surface area contributed by atoms with Crippen LogP contribution in [0.5, 0.6) is 0 Å². The van der Waals surface area contributed by atoms with Gasteiger partial charge in [-0.25, -0.2) is 0 Å². The number of benzene rings is 9. The van der Waals surface area contributed by atoms with Crippen molar-refractivity contribution >= 4 is 27.8 Å². The van der Waals surface area contributed by atoms with E-state index in [1.165, 1.54) is 88.7 Å². The van der Waals surface area contributed by atoms with Crippen LogP contribution in [0.1, 0.15) is 25.0 Å². The maximum absolute atomic E-state index is 2.45. The first-order chi connectivity index (χ1) is 27.5. The quantitative estimate of drug-likeness (QED) is 0.175. The molecule has 2 aliphatic rings. The number of fused-ring (bicyclic) bond motifs is 12. The maximum Gasteiger partial charge on any atom is 0.0468 e. The largest absolute Gasteiger partial charge is 0.310 e. The molecule has 0 radical (unpaired) electrons. The molecule has 0 spiro atoms. The number of nitrogens with zero attached hydrogens (tertiary/aromatic N) is 1. The molecule has 0 amide bonds. The predicted molar refractivity (Wildman–Crippen MR) is 237 cm³/mol. The van der Waals surface area contributed by atoms with Gasteiger partial charge in [0.15, 0.2) is 0 Å². The lowest BCUT2D eigenvalue weighted by atomic mass is 9.80. The first-order valence-electron chi connectivity index (χ1n) is 19.6. The summed E-state index contributed by atoms with van der Waals surface area (Å²) in [6, 6.07) is 74.2. The zero-order chi connectivity index (χ0) is 37.4. The van der Waals surface area contributed by atoms with Crippen molar-refractivity contribution in [2.75, 3.05) is 4.90 Å². The van der Waals surface area contributed by atoms with Crippen molar-refractivity contribution in [1.29, 1.82) is 0 Å². The topological polar surface area (TPSA) is 3.24 Å². The Hall–Kier alpha value is -6.96. The van der Waals surface area contributed by atoms with Crippen molar-refractivity contribution in [2.45, 2.75) is 19.3 Å². The molecule has 9 aromatic carbocycles. The van der Waals surface area contributed by atoms with Crippen LogP contribution in [-0.4, -0.2) is 0 Å². The van der Waals surface area contributed by atoms with E-state index in [1.807, 2.05) is 0 Å². The fourth-order valence-corrected chi connectivity index (χ4v) is 9.44. The van der Waals surface area contributed by atoms with Crippen molar-refractivity contribution in [3.05, 3.63) is 211 Å². The van der Waals surface area contributed by atoms with Crippen molar-refractivity contribution < 1.29 is 0 Å². The average Bonchev–Trinajstić information content (AvgIpc) is 3.48. The molecule has 0 unspecified atom stereocenters. The van der Waals surface area contributed by atoms with Crippen LogP contribution in [0.2, 0.25) is 0 Å². The molecule has 0 N–H and O–H groups in total. The van der Waals surface area contributed by atoms with Crippen LogP contribution in [0.15, 0.2) is 200 Å². The molecule has 56 heavy (non-hydrogen) atoms. The molecule has 0 aliphatic heterocycles. The molecule has 0 atom stereocenters. The zero-order valence-corrected chi connectivity index (χ0v) is 31.5. The number of anilines is 3. The maximum atomic E-state index is 2.45. The highest BCUT2D eigenvalue weighted by Gasteiger charge is 2.36. The van der Waals surface area contributed by atoms with Crippen LogP contribution in [0, 0.1) is 0 Å². The predicted octanol–water partition coefficient (Wildman–Crippen LogP) is 15.3.